The SMILES string of the molecule is COc1ccc(Cn2c(=O)ccn([C@@H]3OC([C@H](O)[C@H](NCCCNC(=O)[C@@H](NC(=O)[C@H](CCCN=C(N)N[N+](=O)O)NC(=O)N[C@H](C(=O)OCc4ccccc4)C(C)C)[C@@H](O)C(C)C)C(=O)OC(C)(C)C)[C@@H](O[Si](C)(C)C(C)(C)C)[C@H]3O[Si](C)(C)C(C)(C)C)c2=O)cc1. The van der Waals surface area contributed by atoms with E-state index in [2.05, 4.69) is 52.3 Å². The highest BCUT2D eigenvalue weighted by atomic mass is 28.4. The number of hydrazine groups is 1. The molecular weight excluding hydrogens is 1240 g/mol. The van der Waals surface area contributed by atoms with E-state index < -0.39 is 157 Å². The Labute approximate surface area is 547 Å². The molecule has 2 aromatic carbocycles. The molecule has 2 heterocycles. The maximum absolute atomic E-state index is 14.8. The van der Waals surface area contributed by atoms with Crippen molar-refractivity contribution in [2.75, 3.05) is 26.7 Å². The summed E-state index contributed by atoms with van der Waals surface area (Å²) in [6.45, 7) is 31.6. The number of urea groups is 1. The zero-order valence-electron chi connectivity index (χ0n) is 57.4. The number of ether oxygens (including phenoxy) is 4. The Morgan fingerprint density at radius 3 is 1.89 bits per heavy atom. The van der Waals surface area contributed by atoms with Crippen molar-refractivity contribution in [2.45, 2.75) is 225 Å². The number of nitrogens with zero attached hydrogens (tertiary/aromatic N) is 4. The average molecular weight is 1340 g/mol. The van der Waals surface area contributed by atoms with Gasteiger partial charge in [-0.3, -0.25) is 28.3 Å². The molecule has 0 bridgehead atoms. The minimum atomic E-state index is -2.88. The Balaban J connectivity index is 1.66. The van der Waals surface area contributed by atoms with Gasteiger partial charge in [-0.1, -0.05) is 112 Å². The highest BCUT2D eigenvalue weighted by Crippen LogP contribution is 2.46. The van der Waals surface area contributed by atoms with Gasteiger partial charge in [0, 0.05) is 25.4 Å². The number of hydrogen-bond donors (Lipinski definition) is 10. The molecule has 520 valence electrons. The lowest BCUT2D eigenvalue weighted by Gasteiger charge is -2.44. The van der Waals surface area contributed by atoms with E-state index in [-0.39, 0.29) is 52.0 Å². The van der Waals surface area contributed by atoms with Crippen molar-refractivity contribution in [1.82, 2.24) is 41.1 Å². The van der Waals surface area contributed by atoms with E-state index in [4.69, 9.17) is 38.7 Å². The van der Waals surface area contributed by atoms with Crippen molar-refractivity contribution in [3.05, 3.63) is 104 Å². The highest BCUT2D eigenvalue weighted by Gasteiger charge is 2.58. The topological polar surface area (TPSA) is 376 Å². The number of methoxy groups -OCH3 is 1. The van der Waals surface area contributed by atoms with Crippen molar-refractivity contribution < 1.29 is 72.2 Å². The van der Waals surface area contributed by atoms with Crippen LogP contribution in [-0.2, 0) is 55.4 Å². The fourth-order valence-corrected chi connectivity index (χ4v) is 11.9. The first-order chi connectivity index (χ1) is 43.1. The van der Waals surface area contributed by atoms with Crippen LogP contribution in [0.5, 0.6) is 5.75 Å². The number of aliphatic hydroxyl groups excluding tert-OH is 2. The number of carbonyl (C=O) groups is 5. The number of hydrogen-bond acceptors (Lipinski definition) is 18. The predicted octanol–water partition coefficient (Wildman–Crippen LogP) is 4.62. The molecule has 93 heavy (non-hydrogen) atoms. The number of amides is 4. The Morgan fingerprint density at radius 2 is 1.34 bits per heavy atom. The van der Waals surface area contributed by atoms with E-state index in [1.807, 2.05) is 58.5 Å². The Morgan fingerprint density at radius 1 is 0.742 bits per heavy atom. The maximum atomic E-state index is 14.8. The number of guanidine groups is 1. The molecule has 0 aliphatic carbocycles. The van der Waals surface area contributed by atoms with Crippen molar-refractivity contribution in [1.29, 1.82) is 0 Å². The third-order valence-electron chi connectivity index (χ3n) is 16.7. The molecule has 0 spiro atoms. The molecule has 0 saturated carbocycles. The first-order valence-electron chi connectivity index (χ1n) is 31.5. The standard InChI is InChI=1S/C63H103N11O17Si2/c1-38(2)45(56(80)87-37-41-24-20-19-21-25-41)70-59(82)68-43(26-22-32-67-58(64)71-74(84)85)53(78)69-46(48(76)39(3)4)54(79)66-34-23-33-65-47(57(81)89-61(5,6)7)49(77)50-51(90-92(15,16)62(8,9)10)52(91-93(17,18)63(11,12)13)55(88-50)72-35-31-44(75)73(60(72)83)36-40-27-29-42(86-14)30-28-40/h19-21,24-25,27-31,35,38-39,43,45-52,55,65,76-77H,22-23,26,32-34,36-37H2,1-18H3,(H7-,64,66,67,68,69,70,71,78,79,82,84,85)/p+1/t43-,45-,46-,47-,48-,49+,50?,51+,52+,55+/m0/s1. The lowest BCUT2D eigenvalue weighted by atomic mass is 9.98. The molecule has 1 aromatic heterocycles. The molecular formula is C63H104N11O17Si2+. The summed E-state index contributed by atoms with van der Waals surface area (Å²) in [6.07, 6.45) is -6.84. The molecule has 28 nitrogen and oxygen atoms in total. The summed E-state index contributed by atoms with van der Waals surface area (Å²) >= 11 is 0. The van der Waals surface area contributed by atoms with Crippen LogP contribution < -0.4 is 53.7 Å². The molecule has 1 saturated heterocycles. The fraction of sp³-hybridized carbons (Fsp3) is 0.651. The monoisotopic (exact) mass is 1340 g/mol. The van der Waals surface area contributed by atoms with E-state index in [9.17, 15) is 48.7 Å². The zero-order chi connectivity index (χ0) is 70.1. The van der Waals surface area contributed by atoms with E-state index in [1.165, 1.54) is 23.9 Å². The van der Waals surface area contributed by atoms with Crippen LogP contribution in [0.1, 0.15) is 127 Å². The van der Waals surface area contributed by atoms with Crippen molar-refractivity contribution in [2.24, 2.45) is 22.6 Å². The van der Waals surface area contributed by atoms with Crippen LogP contribution >= 0.6 is 0 Å². The quantitative estimate of drug-likeness (QED) is 0.0102. The summed E-state index contributed by atoms with van der Waals surface area (Å²) in [5.41, 5.74) is 6.46. The Bertz CT molecular complexity index is 3130. The minimum absolute atomic E-state index is 0.0405. The van der Waals surface area contributed by atoms with Crippen LogP contribution in [0, 0.1) is 16.7 Å². The molecule has 1 aliphatic heterocycles. The molecule has 11 N–H and O–H groups in total. The van der Waals surface area contributed by atoms with Crippen molar-refractivity contribution in [3.63, 3.8) is 0 Å². The molecule has 10 atom stereocenters. The minimum Gasteiger partial charge on any atom is -0.497 e. The second-order valence-corrected chi connectivity index (χ2v) is 37.6. The first kappa shape index (κ1) is 78.4. The lowest BCUT2D eigenvalue weighted by molar-refractivity contribution is -0.822. The number of aliphatic imine (C=N–C) groups is 1. The van der Waals surface area contributed by atoms with E-state index in [1.54, 1.807) is 97.0 Å². The number of benzene rings is 2. The maximum Gasteiger partial charge on any atom is 0.362 e. The van der Waals surface area contributed by atoms with Crippen LogP contribution in [0.15, 0.2) is 81.4 Å². The predicted molar refractivity (Wildman–Crippen MR) is 354 cm³/mol. The number of aliphatic hydroxyl groups is 2. The molecule has 0 radical (unpaired) electrons. The fourth-order valence-electron chi connectivity index (χ4n) is 9.31. The normalized spacial score (nSPS) is 18.5. The van der Waals surface area contributed by atoms with Gasteiger partial charge in [-0.05, 0) is 123 Å². The summed E-state index contributed by atoms with van der Waals surface area (Å²) in [5.74, 6) is -4.26. The van der Waals surface area contributed by atoms with Gasteiger partial charge in [-0.25, -0.2) is 24.6 Å². The number of rotatable bonds is 32. The molecule has 1 unspecified atom stereocenters. The molecule has 4 amide bonds. The number of carbonyl (C=O) groups excluding carboxylic acids is 5. The van der Waals surface area contributed by atoms with E-state index in [0.717, 1.165) is 4.57 Å². The summed E-state index contributed by atoms with van der Waals surface area (Å²) in [7, 11) is -4.19. The Kier molecular flexibility index (Phi) is 28.5. The second-order valence-electron chi connectivity index (χ2n) is 28.1. The number of aromatic nitrogens is 2. The molecule has 3 aromatic rings. The van der Waals surface area contributed by atoms with Gasteiger partial charge in [0.05, 0.1) is 19.8 Å². The van der Waals surface area contributed by atoms with Crippen LogP contribution in [-0.4, -0.2) is 169 Å². The summed E-state index contributed by atoms with van der Waals surface area (Å²) in [4.78, 5) is 113. The summed E-state index contributed by atoms with van der Waals surface area (Å²) < 4.78 is 40.5. The molecule has 1 fully saturated rings. The number of nitrogens with one attached hydrogen (secondary N) is 6. The lowest BCUT2D eigenvalue weighted by Crippen LogP contribution is -2.60. The molecule has 4 rings (SSSR count). The first-order valence-corrected chi connectivity index (χ1v) is 37.3. The van der Waals surface area contributed by atoms with Crippen LogP contribution in [0.2, 0.25) is 36.3 Å². The van der Waals surface area contributed by atoms with Crippen molar-refractivity contribution in [3.8, 4) is 5.75 Å². The Hall–Kier alpha value is -7.07. The van der Waals surface area contributed by atoms with Gasteiger partial charge in [0.15, 0.2) is 22.9 Å². The third kappa shape index (κ3) is 23.1. The van der Waals surface area contributed by atoms with E-state index in [0.29, 0.717) is 16.9 Å². The molecule has 1 aliphatic rings. The van der Waals surface area contributed by atoms with E-state index >= 15 is 0 Å². The van der Waals surface area contributed by atoms with Gasteiger partial charge in [-0.2, -0.15) is 0 Å². The van der Waals surface area contributed by atoms with Gasteiger partial charge >= 0.3 is 28.7 Å². The average Bonchev–Trinajstić information content (AvgIpc) is 1.62. The van der Waals surface area contributed by atoms with Gasteiger partial charge in [-0.15, -0.1) is 0 Å². The summed E-state index contributed by atoms with van der Waals surface area (Å²) in [5, 5.41) is 45.5. The van der Waals surface area contributed by atoms with Gasteiger partial charge in [0.1, 0.15) is 71.4 Å². The smallest absolute Gasteiger partial charge is 0.362 e. The molecule has 30 heteroatoms. The third-order valence-corrected chi connectivity index (χ3v) is 25.7. The number of nitrogens with two attached hydrogens (primary N) is 1. The largest absolute Gasteiger partial charge is 0.497 e. The van der Waals surface area contributed by atoms with Crippen LogP contribution in [0.4, 0.5) is 4.79 Å². The van der Waals surface area contributed by atoms with Gasteiger partial charge < -0.3 is 70.3 Å². The van der Waals surface area contributed by atoms with Gasteiger partial charge in [0.2, 0.25) is 11.8 Å². The summed E-state index contributed by atoms with van der Waals surface area (Å²) in [6, 6.07) is 10.4. The van der Waals surface area contributed by atoms with Gasteiger partial charge in [0.25, 0.3) is 11.5 Å². The second kappa shape index (κ2) is 33.9. The van der Waals surface area contributed by atoms with Crippen molar-refractivity contribution >= 4 is 52.4 Å². The number of esters is 2. The highest BCUT2D eigenvalue weighted by molar-refractivity contribution is 6.74. The van der Waals surface area contributed by atoms with Crippen LogP contribution in [0.25, 0.3) is 0 Å². The zero-order valence-corrected chi connectivity index (χ0v) is 59.4. The van der Waals surface area contributed by atoms with Crippen LogP contribution in [0.3, 0.4) is 0 Å².